The second kappa shape index (κ2) is 3.75. The lowest BCUT2D eigenvalue weighted by Crippen LogP contribution is -2.05. The summed E-state index contributed by atoms with van der Waals surface area (Å²) in [7, 11) is -3.24. The van der Waals surface area contributed by atoms with Crippen LogP contribution < -0.4 is 5.73 Å². The van der Waals surface area contributed by atoms with Gasteiger partial charge in [0.25, 0.3) is 0 Å². The van der Waals surface area contributed by atoms with Crippen LogP contribution in [0.25, 0.3) is 10.8 Å². The normalized spacial score (nSPS) is 11.8. The zero-order valence-corrected chi connectivity index (χ0v) is 9.66. The number of pyridine rings is 1. The van der Waals surface area contributed by atoms with E-state index in [9.17, 15) is 8.42 Å². The number of fused-ring (bicyclic) bond motifs is 1. The van der Waals surface area contributed by atoms with Crippen LogP contribution in [0.5, 0.6) is 0 Å². The van der Waals surface area contributed by atoms with Crippen molar-refractivity contribution in [2.45, 2.75) is 11.8 Å². The van der Waals surface area contributed by atoms with E-state index in [1.807, 2.05) is 0 Å². The monoisotopic (exact) mass is 236 g/mol. The van der Waals surface area contributed by atoms with Crippen LogP contribution in [0.1, 0.15) is 6.92 Å². The molecule has 2 N–H and O–H groups in total. The number of hydrogen-bond acceptors (Lipinski definition) is 4. The third-order valence-corrected chi connectivity index (χ3v) is 4.31. The Labute approximate surface area is 94.0 Å². The Morgan fingerprint density at radius 1 is 1.25 bits per heavy atom. The maximum Gasteiger partial charge on any atom is 0.178 e. The Bertz CT molecular complexity index is 635. The second-order valence-electron chi connectivity index (χ2n) is 3.48. The van der Waals surface area contributed by atoms with E-state index in [2.05, 4.69) is 4.98 Å². The molecule has 0 aliphatic carbocycles. The van der Waals surface area contributed by atoms with Crippen LogP contribution in [-0.2, 0) is 9.84 Å². The van der Waals surface area contributed by atoms with Crippen LogP contribution >= 0.6 is 0 Å². The highest BCUT2D eigenvalue weighted by Gasteiger charge is 2.16. The van der Waals surface area contributed by atoms with Crippen molar-refractivity contribution in [3.63, 3.8) is 0 Å². The molecule has 0 aliphatic heterocycles. The Balaban J connectivity index is 2.88. The molecule has 0 amide bonds. The molecule has 0 spiro atoms. The van der Waals surface area contributed by atoms with E-state index in [-0.39, 0.29) is 5.75 Å². The van der Waals surface area contributed by atoms with Gasteiger partial charge in [0, 0.05) is 28.9 Å². The van der Waals surface area contributed by atoms with Gasteiger partial charge in [0.05, 0.1) is 10.6 Å². The van der Waals surface area contributed by atoms with Crippen molar-refractivity contribution in [2.24, 2.45) is 0 Å². The Morgan fingerprint density at radius 2 is 2.00 bits per heavy atom. The second-order valence-corrected chi connectivity index (χ2v) is 5.72. The largest absolute Gasteiger partial charge is 0.398 e. The lowest BCUT2D eigenvalue weighted by atomic mass is 10.1. The van der Waals surface area contributed by atoms with Gasteiger partial charge in [-0.2, -0.15) is 0 Å². The van der Waals surface area contributed by atoms with Gasteiger partial charge in [-0.3, -0.25) is 4.98 Å². The molecule has 1 aromatic heterocycles. The molecule has 4 nitrogen and oxygen atoms in total. The van der Waals surface area contributed by atoms with E-state index in [0.717, 1.165) is 5.39 Å². The van der Waals surface area contributed by atoms with Gasteiger partial charge < -0.3 is 5.73 Å². The fourth-order valence-electron chi connectivity index (χ4n) is 1.61. The predicted octanol–water partition coefficient (Wildman–Crippen LogP) is 1.61. The third kappa shape index (κ3) is 1.63. The summed E-state index contributed by atoms with van der Waals surface area (Å²) in [5.74, 6) is 0.0703. The summed E-state index contributed by atoms with van der Waals surface area (Å²) < 4.78 is 23.7. The van der Waals surface area contributed by atoms with Gasteiger partial charge in [-0.25, -0.2) is 8.42 Å². The first-order valence-electron chi connectivity index (χ1n) is 4.91. The molecule has 2 aromatic rings. The number of aromatic nitrogens is 1. The molecule has 0 saturated carbocycles. The summed E-state index contributed by atoms with van der Waals surface area (Å²) in [5, 5.41) is 1.31. The minimum atomic E-state index is -3.24. The zero-order chi connectivity index (χ0) is 11.8. The van der Waals surface area contributed by atoms with Gasteiger partial charge in [0.1, 0.15) is 0 Å². The van der Waals surface area contributed by atoms with Crippen LogP contribution in [0.3, 0.4) is 0 Å². The van der Waals surface area contributed by atoms with E-state index >= 15 is 0 Å². The molecule has 84 valence electrons. The average molecular weight is 236 g/mol. The number of nitrogens with zero attached hydrogens (tertiary/aromatic N) is 1. The highest BCUT2D eigenvalue weighted by molar-refractivity contribution is 7.91. The van der Waals surface area contributed by atoms with Crippen LogP contribution in [0.15, 0.2) is 35.5 Å². The summed E-state index contributed by atoms with van der Waals surface area (Å²) in [6, 6.07) is 4.88. The minimum Gasteiger partial charge on any atom is -0.398 e. The molecule has 0 radical (unpaired) electrons. The lowest BCUT2D eigenvalue weighted by Gasteiger charge is -2.07. The summed E-state index contributed by atoms with van der Waals surface area (Å²) in [5.41, 5.74) is 6.35. The molecule has 0 atom stereocenters. The van der Waals surface area contributed by atoms with Crippen LogP contribution in [0.4, 0.5) is 5.69 Å². The summed E-state index contributed by atoms with van der Waals surface area (Å²) >= 11 is 0. The number of rotatable bonds is 2. The van der Waals surface area contributed by atoms with E-state index < -0.39 is 9.84 Å². The van der Waals surface area contributed by atoms with Crippen LogP contribution in [0, 0.1) is 0 Å². The average Bonchev–Trinajstić information content (AvgIpc) is 2.29. The van der Waals surface area contributed by atoms with E-state index in [1.165, 1.54) is 12.3 Å². The standard InChI is InChI=1S/C11H12N2O2S/c1-2-16(14,15)11-4-3-10(12)8-5-6-13-7-9(8)11/h3-7H,2,12H2,1H3. The third-order valence-electron chi connectivity index (χ3n) is 2.53. The molecule has 1 aromatic carbocycles. The molecule has 16 heavy (non-hydrogen) atoms. The van der Waals surface area contributed by atoms with Crippen molar-refractivity contribution in [1.82, 2.24) is 4.98 Å². The molecule has 0 fully saturated rings. The zero-order valence-electron chi connectivity index (χ0n) is 8.84. The van der Waals surface area contributed by atoms with Gasteiger partial charge >= 0.3 is 0 Å². The summed E-state index contributed by atoms with van der Waals surface area (Å²) in [4.78, 5) is 4.24. The van der Waals surface area contributed by atoms with Gasteiger partial charge in [0.2, 0.25) is 0 Å². The number of benzene rings is 1. The molecule has 0 saturated heterocycles. The Hall–Kier alpha value is -1.62. The highest BCUT2D eigenvalue weighted by Crippen LogP contribution is 2.27. The lowest BCUT2D eigenvalue weighted by molar-refractivity contribution is 0.598. The first-order chi connectivity index (χ1) is 7.56. The maximum absolute atomic E-state index is 11.9. The number of nitrogen functional groups attached to an aromatic ring is 1. The van der Waals surface area contributed by atoms with Crippen molar-refractivity contribution in [2.75, 3.05) is 11.5 Å². The van der Waals surface area contributed by atoms with Crippen molar-refractivity contribution in [1.29, 1.82) is 0 Å². The quantitative estimate of drug-likeness (QED) is 0.804. The summed E-state index contributed by atoms with van der Waals surface area (Å²) in [6.45, 7) is 1.62. The molecule has 0 unspecified atom stereocenters. The predicted molar refractivity (Wildman–Crippen MR) is 63.9 cm³/mol. The van der Waals surface area contributed by atoms with Crippen molar-refractivity contribution < 1.29 is 8.42 Å². The maximum atomic E-state index is 11.9. The fourth-order valence-corrected chi connectivity index (χ4v) is 2.70. The van der Waals surface area contributed by atoms with Crippen molar-refractivity contribution >= 4 is 26.3 Å². The van der Waals surface area contributed by atoms with Gasteiger partial charge in [-0.15, -0.1) is 0 Å². The number of nitrogens with two attached hydrogens (primary N) is 1. The highest BCUT2D eigenvalue weighted by atomic mass is 32.2. The number of hydrogen-bond donors (Lipinski definition) is 1. The van der Waals surface area contributed by atoms with E-state index in [1.54, 1.807) is 25.3 Å². The van der Waals surface area contributed by atoms with Gasteiger partial charge in [-0.05, 0) is 18.2 Å². The summed E-state index contributed by atoms with van der Waals surface area (Å²) in [6.07, 6.45) is 3.13. The molecule has 0 bridgehead atoms. The molecule has 0 aliphatic rings. The first-order valence-corrected chi connectivity index (χ1v) is 6.56. The topological polar surface area (TPSA) is 73.0 Å². The molecular weight excluding hydrogens is 224 g/mol. The smallest absolute Gasteiger partial charge is 0.178 e. The molecular formula is C11H12N2O2S. The Morgan fingerprint density at radius 3 is 2.69 bits per heavy atom. The van der Waals surface area contributed by atoms with Crippen LogP contribution in [0.2, 0.25) is 0 Å². The number of sulfone groups is 1. The molecule has 1 heterocycles. The van der Waals surface area contributed by atoms with Crippen molar-refractivity contribution in [3.05, 3.63) is 30.6 Å². The number of anilines is 1. The van der Waals surface area contributed by atoms with E-state index in [4.69, 9.17) is 5.73 Å². The van der Waals surface area contributed by atoms with Crippen LogP contribution in [-0.4, -0.2) is 19.2 Å². The van der Waals surface area contributed by atoms with E-state index in [0.29, 0.717) is 16.0 Å². The van der Waals surface area contributed by atoms with Gasteiger partial charge in [-0.1, -0.05) is 6.92 Å². The SMILES string of the molecule is CCS(=O)(=O)c1ccc(N)c2ccncc12. The Kier molecular flexibility index (Phi) is 2.55. The fraction of sp³-hybridized carbons (Fsp3) is 0.182. The van der Waals surface area contributed by atoms with Crippen molar-refractivity contribution in [3.8, 4) is 0 Å². The minimum absolute atomic E-state index is 0.0703. The molecule has 2 rings (SSSR count). The van der Waals surface area contributed by atoms with Gasteiger partial charge in [0.15, 0.2) is 9.84 Å². The molecule has 5 heteroatoms. The first kappa shape index (κ1) is 10.9.